The Kier molecular flexibility index (Phi) is 3.93. The number of likely N-dealkylation sites (tertiary alicyclic amines) is 1. The molecule has 1 saturated heterocycles. The summed E-state index contributed by atoms with van der Waals surface area (Å²) in [5, 5.41) is 14.8. The molecular formula is C14H14ClN3O2S. The molecule has 7 heteroatoms. The van der Waals surface area contributed by atoms with E-state index < -0.39 is 6.10 Å². The Morgan fingerprint density at radius 3 is 2.76 bits per heavy atom. The minimum absolute atomic E-state index is 0.126. The molecule has 3 rings (SSSR count). The van der Waals surface area contributed by atoms with E-state index in [0.717, 1.165) is 17.1 Å². The van der Waals surface area contributed by atoms with Gasteiger partial charge in [0.05, 0.1) is 17.8 Å². The number of aryl methyl sites for hydroxylation is 1. The third-order valence-electron chi connectivity index (χ3n) is 3.68. The van der Waals surface area contributed by atoms with Gasteiger partial charge < -0.3 is 10.0 Å². The third kappa shape index (κ3) is 2.66. The van der Waals surface area contributed by atoms with Crippen molar-refractivity contribution in [2.75, 3.05) is 6.54 Å². The summed E-state index contributed by atoms with van der Waals surface area (Å²) >= 11 is 6.99. The van der Waals surface area contributed by atoms with Gasteiger partial charge in [0.2, 0.25) is 0 Å². The topological polar surface area (TPSA) is 66.3 Å². The molecule has 1 amide bonds. The van der Waals surface area contributed by atoms with Crippen molar-refractivity contribution >= 4 is 29.0 Å². The number of nitrogens with zero attached hydrogens (tertiary/aromatic N) is 3. The summed E-state index contributed by atoms with van der Waals surface area (Å²) in [5.74, 6) is -0.126. The lowest BCUT2D eigenvalue weighted by molar-refractivity contribution is 0.0641. The van der Waals surface area contributed by atoms with E-state index in [1.807, 2.05) is 12.1 Å². The van der Waals surface area contributed by atoms with Crippen LogP contribution in [-0.2, 0) is 0 Å². The number of hydrogen-bond acceptors (Lipinski definition) is 5. The molecule has 1 aliphatic rings. The quantitative estimate of drug-likeness (QED) is 0.922. The summed E-state index contributed by atoms with van der Waals surface area (Å²) < 4.78 is 3.81. The number of benzene rings is 1. The lowest BCUT2D eigenvalue weighted by atomic mass is 10.0. The molecule has 1 aliphatic heterocycles. The highest BCUT2D eigenvalue weighted by molar-refractivity contribution is 7.07. The number of carbonyl (C=O) groups is 1. The van der Waals surface area contributed by atoms with Crippen LogP contribution in [0.1, 0.15) is 33.4 Å². The van der Waals surface area contributed by atoms with Crippen LogP contribution in [-0.4, -0.2) is 38.1 Å². The first-order valence-corrected chi connectivity index (χ1v) is 7.76. The van der Waals surface area contributed by atoms with Crippen LogP contribution in [0.2, 0.25) is 5.02 Å². The Morgan fingerprint density at radius 1 is 1.43 bits per heavy atom. The molecule has 0 spiro atoms. The van der Waals surface area contributed by atoms with Gasteiger partial charge in [0, 0.05) is 11.6 Å². The first-order valence-electron chi connectivity index (χ1n) is 6.61. The molecule has 1 aromatic carbocycles. The molecule has 1 fully saturated rings. The van der Waals surface area contributed by atoms with Gasteiger partial charge in [-0.05, 0) is 42.6 Å². The minimum Gasteiger partial charge on any atom is -0.391 e. The second kappa shape index (κ2) is 5.71. The highest BCUT2D eigenvalue weighted by Gasteiger charge is 2.38. The Morgan fingerprint density at radius 2 is 2.14 bits per heavy atom. The standard InChI is InChI=1S/C14H14ClN3O2S/c1-8-13(21-17-16-8)14(20)18-7-6-11(19)12(18)9-2-4-10(15)5-3-9/h2-5,11-12,19H,6-7H2,1H3/t11-,12-/m1/s1. The average Bonchev–Trinajstić information content (AvgIpc) is 3.05. The lowest BCUT2D eigenvalue weighted by Gasteiger charge is -2.26. The summed E-state index contributed by atoms with van der Waals surface area (Å²) in [7, 11) is 0. The van der Waals surface area contributed by atoms with Crippen molar-refractivity contribution in [2.45, 2.75) is 25.5 Å². The fourth-order valence-corrected chi connectivity index (χ4v) is 3.36. The highest BCUT2D eigenvalue weighted by atomic mass is 35.5. The number of aliphatic hydroxyl groups excluding tert-OH is 1. The summed E-state index contributed by atoms with van der Waals surface area (Å²) in [6, 6.07) is 6.88. The number of halogens is 1. The predicted octanol–water partition coefficient (Wildman–Crippen LogP) is 2.45. The second-order valence-corrected chi connectivity index (χ2v) is 6.23. The van der Waals surface area contributed by atoms with Crippen LogP contribution in [0.4, 0.5) is 0 Å². The van der Waals surface area contributed by atoms with Crippen molar-refractivity contribution in [3.05, 3.63) is 45.4 Å². The van der Waals surface area contributed by atoms with Crippen molar-refractivity contribution in [3.8, 4) is 0 Å². The highest BCUT2D eigenvalue weighted by Crippen LogP contribution is 2.34. The number of hydrogen-bond donors (Lipinski definition) is 1. The molecule has 0 bridgehead atoms. The average molecular weight is 324 g/mol. The SMILES string of the molecule is Cc1nnsc1C(=O)N1CC[C@@H](O)[C@H]1c1ccc(Cl)cc1. The Balaban J connectivity index is 1.92. The fourth-order valence-electron chi connectivity index (χ4n) is 2.62. The number of rotatable bonds is 2. The molecule has 0 radical (unpaired) electrons. The van der Waals surface area contributed by atoms with Gasteiger partial charge in [-0.15, -0.1) is 5.10 Å². The zero-order valence-corrected chi connectivity index (χ0v) is 12.9. The minimum atomic E-state index is -0.573. The number of amides is 1. The van der Waals surface area contributed by atoms with Crippen LogP contribution < -0.4 is 0 Å². The molecule has 2 aromatic rings. The van der Waals surface area contributed by atoms with Gasteiger partial charge in [-0.3, -0.25) is 4.79 Å². The molecule has 5 nitrogen and oxygen atoms in total. The van der Waals surface area contributed by atoms with Crippen molar-refractivity contribution in [3.63, 3.8) is 0 Å². The van der Waals surface area contributed by atoms with E-state index in [4.69, 9.17) is 11.6 Å². The number of aliphatic hydroxyl groups is 1. The van der Waals surface area contributed by atoms with Crippen LogP contribution >= 0.6 is 23.1 Å². The van der Waals surface area contributed by atoms with Crippen LogP contribution in [0.15, 0.2) is 24.3 Å². The molecule has 2 heterocycles. The molecule has 0 saturated carbocycles. The maximum atomic E-state index is 12.6. The largest absolute Gasteiger partial charge is 0.391 e. The molecule has 0 unspecified atom stereocenters. The fraction of sp³-hybridized carbons (Fsp3) is 0.357. The molecule has 2 atom stereocenters. The smallest absolute Gasteiger partial charge is 0.268 e. The zero-order valence-electron chi connectivity index (χ0n) is 11.4. The van der Waals surface area contributed by atoms with Gasteiger partial charge in [-0.1, -0.05) is 28.2 Å². The van der Waals surface area contributed by atoms with E-state index in [0.29, 0.717) is 28.6 Å². The Hall–Kier alpha value is -1.50. The van der Waals surface area contributed by atoms with E-state index in [2.05, 4.69) is 9.59 Å². The third-order valence-corrected chi connectivity index (χ3v) is 4.75. The molecule has 21 heavy (non-hydrogen) atoms. The Bertz CT molecular complexity index is 658. The molecule has 1 N–H and O–H groups in total. The van der Waals surface area contributed by atoms with Crippen molar-refractivity contribution in [1.29, 1.82) is 0 Å². The summed E-state index contributed by atoms with van der Waals surface area (Å²) in [5.41, 5.74) is 1.51. The summed E-state index contributed by atoms with van der Waals surface area (Å²) in [6.45, 7) is 2.28. The second-order valence-electron chi connectivity index (χ2n) is 5.04. The van der Waals surface area contributed by atoms with Crippen LogP contribution in [0, 0.1) is 6.92 Å². The van der Waals surface area contributed by atoms with E-state index in [-0.39, 0.29) is 11.9 Å². The van der Waals surface area contributed by atoms with Gasteiger partial charge in [0.25, 0.3) is 5.91 Å². The first kappa shape index (κ1) is 14.4. The van der Waals surface area contributed by atoms with Crippen LogP contribution in [0.3, 0.4) is 0 Å². The van der Waals surface area contributed by atoms with Crippen LogP contribution in [0.25, 0.3) is 0 Å². The zero-order chi connectivity index (χ0) is 15.0. The lowest BCUT2D eigenvalue weighted by Crippen LogP contribution is -2.33. The molecule has 0 aliphatic carbocycles. The number of carbonyl (C=O) groups excluding carboxylic acids is 1. The van der Waals surface area contributed by atoms with Gasteiger partial charge >= 0.3 is 0 Å². The maximum absolute atomic E-state index is 12.6. The van der Waals surface area contributed by atoms with Gasteiger partial charge in [-0.2, -0.15) is 0 Å². The van der Waals surface area contributed by atoms with Crippen LogP contribution in [0.5, 0.6) is 0 Å². The first-order chi connectivity index (χ1) is 10.1. The molecule has 1 aromatic heterocycles. The predicted molar refractivity (Wildman–Crippen MR) is 80.5 cm³/mol. The number of aromatic nitrogens is 2. The maximum Gasteiger partial charge on any atom is 0.268 e. The van der Waals surface area contributed by atoms with E-state index in [9.17, 15) is 9.90 Å². The van der Waals surface area contributed by atoms with Gasteiger partial charge in [0.1, 0.15) is 4.88 Å². The van der Waals surface area contributed by atoms with Gasteiger partial charge in [0.15, 0.2) is 0 Å². The summed E-state index contributed by atoms with van der Waals surface area (Å²) in [4.78, 5) is 14.9. The molecule has 110 valence electrons. The van der Waals surface area contributed by atoms with E-state index in [1.54, 1.807) is 24.0 Å². The van der Waals surface area contributed by atoms with Crippen molar-refractivity contribution in [2.24, 2.45) is 0 Å². The normalized spacial score (nSPS) is 21.8. The monoisotopic (exact) mass is 323 g/mol. The van der Waals surface area contributed by atoms with E-state index in [1.165, 1.54) is 0 Å². The van der Waals surface area contributed by atoms with E-state index >= 15 is 0 Å². The molecular weight excluding hydrogens is 310 g/mol. The van der Waals surface area contributed by atoms with Crippen molar-refractivity contribution < 1.29 is 9.90 Å². The van der Waals surface area contributed by atoms with Crippen molar-refractivity contribution in [1.82, 2.24) is 14.5 Å². The summed E-state index contributed by atoms with van der Waals surface area (Å²) in [6.07, 6.45) is -0.0130. The van der Waals surface area contributed by atoms with Gasteiger partial charge in [-0.25, -0.2) is 0 Å². The Labute approximate surface area is 131 Å².